The van der Waals surface area contributed by atoms with E-state index in [1.54, 1.807) is 24.7 Å². The maximum Gasteiger partial charge on any atom is 0.244 e. The first-order chi connectivity index (χ1) is 9.95. The Labute approximate surface area is 124 Å². The minimum Gasteiger partial charge on any atom is -0.472 e. The molecule has 21 heavy (non-hydrogen) atoms. The second kappa shape index (κ2) is 6.91. The van der Waals surface area contributed by atoms with Gasteiger partial charge in [-0.15, -0.1) is 0 Å². The molecule has 0 radical (unpaired) electrons. The third kappa shape index (κ3) is 5.02. The average molecular weight is 312 g/mol. The van der Waals surface area contributed by atoms with E-state index in [0.29, 0.717) is 25.6 Å². The van der Waals surface area contributed by atoms with Crippen LogP contribution in [0.25, 0.3) is 6.08 Å². The summed E-state index contributed by atoms with van der Waals surface area (Å²) in [5, 5.41) is 2.84. The zero-order valence-electron chi connectivity index (χ0n) is 12.0. The van der Waals surface area contributed by atoms with Crippen molar-refractivity contribution in [2.75, 3.05) is 25.9 Å². The van der Waals surface area contributed by atoms with Gasteiger partial charge >= 0.3 is 0 Å². The maximum absolute atomic E-state index is 11.7. The first-order valence-corrected chi connectivity index (χ1v) is 8.73. The first-order valence-electron chi connectivity index (χ1n) is 6.88. The standard InChI is InChI=1S/C14H20N2O4S/c1-21(18,19)16-7-4-12(5-8-16)10-15-14(17)3-2-13-6-9-20-11-13/h2-3,6,9,11-12H,4-5,7-8,10H2,1H3,(H,15,17). The highest BCUT2D eigenvalue weighted by atomic mass is 32.2. The molecule has 0 atom stereocenters. The van der Waals surface area contributed by atoms with Crippen LogP contribution in [0.5, 0.6) is 0 Å². The summed E-state index contributed by atoms with van der Waals surface area (Å²) in [6, 6.07) is 1.77. The molecule has 6 nitrogen and oxygen atoms in total. The number of nitrogens with one attached hydrogen (secondary N) is 1. The molecule has 2 rings (SSSR count). The Bertz CT molecular complexity index is 585. The van der Waals surface area contributed by atoms with Crippen molar-refractivity contribution in [1.82, 2.24) is 9.62 Å². The lowest BCUT2D eigenvalue weighted by molar-refractivity contribution is -0.116. The van der Waals surface area contributed by atoms with E-state index in [0.717, 1.165) is 18.4 Å². The van der Waals surface area contributed by atoms with Crippen LogP contribution in [0.1, 0.15) is 18.4 Å². The Kier molecular flexibility index (Phi) is 5.19. The van der Waals surface area contributed by atoms with E-state index < -0.39 is 10.0 Å². The van der Waals surface area contributed by atoms with Crippen LogP contribution in [-0.2, 0) is 14.8 Å². The minimum atomic E-state index is -3.09. The van der Waals surface area contributed by atoms with Gasteiger partial charge in [-0.25, -0.2) is 12.7 Å². The van der Waals surface area contributed by atoms with Crippen molar-refractivity contribution in [2.45, 2.75) is 12.8 Å². The van der Waals surface area contributed by atoms with Crippen molar-refractivity contribution in [2.24, 2.45) is 5.92 Å². The Hall–Kier alpha value is -1.60. The number of hydrogen-bond acceptors (Lipinski definition) is 4. The van der Waals surface area contributed by atoms with Crippen molar-refractivity contribution in [3.05, 3.63) is 30.2 Å². The fourth-order valence-electron chi connectivity index (χ4n) is 2.29. The Morgan fingerprint density at radius 2 is 2.19 bits per heavy atom. The van der Waals surface area contributed by atoms with Crippen LogP contribution in [0, 0.1) is 5.92 Å². The van der Waals surface area contributed by atoms with Gasteiger partial charge in [-0.3, -0.25) is 4.79 Å². The lowest BCUT2D eigenvalue weighted by atomic mass is 9.98. The number of carbonyl (C=O) groups excluding carboxylic acids is 1. The molecule has 0 aromatic carbocycles. The highest BCUT2D eigenvalue weighted by Gasteiger charge is 2.24. The zero-order chi connectivity index (χ0) is 15.3. The van der Waals surface area contributed by atoms with Crippen LogP contribution in [-0.4, -0.2) is 44.5 Å². The SMILES string of the molecule is CS(=O)(=O)N1CCC(CNC(=O)C=Cc2ccoc2)CC1. The van der Waals surface area contributed by atoms with Crippen molar-refractivity contribution < 1.29 is 17.6 Å². The highest BCUT2D eigenvalue weighted by molar-refractivity contribution is 7.88. The number of amides is 1. The predicted molar refractivity (Wildman–Crippen MR) is 79.9 cm³/mol. The molecule has 116 valence electrons. The van der Waals surface area contributed by atoms with E-state index >= 15 is 0 Å². The van der Waals surface area contributed by atoms with Gasteiger partial charge in [-0.1, -0.05) is 0 Å². The smallest absolute Gasteiger partial charge is 0.244 e. The number of rotatable bonds is 5. The van der Waals surface area contributed by atoms with Crippen LogP contribution in [0.2, 0.25) is 0 Å². The van der Waals surface area contributed by atoms with Crippen molar-refractivity contribution in [3.8, 4) is 0 Å². The number of furan rings is 1. The fourth-order valence-corrected chi connectivity index (χ4v) is 3.16. The molecule has 1 aromatic rings. The molecule has 1 aromatic heterocycles. The molecule has 0 spiro atoms. The van der Waals surface area contributed by atoms with Gasteiger partial charge in [0.1, 0.15) is 0 Å². The molecule has 0 saturated carbocycles. The second-order valence-corrected chi connectivity index (χ2v) is 7.22. The Balaban J connectivity index is 1.71. The van der Waals surface area contributed by atoms with Gasteiger partial charge in [0.15, 0.2) is 0 Å². The van der Waals surface area contributed by atoms with Crippen LogP contribution in [0.3, 0.4) is 0 Å². The summed E-state index contributed by atoms with van der Waals surface area (Å²) >= 11 is 0. The molecule has 1 N–H and O–H groups in total. The van der Waals surface area contributed by atoms with Crippen molar-refractivity contribution in [3.63, 3.8) is 0 Å². The van der Waals surface area contributed by atoms with E-state index in [1.807, 2.05) is 0 Å². The normalized spacial score (nSPS) is 18.1. The van der Waals surface area contributed by atoms with E-state index in [-0.39, 0.29) is 5.91 Å². The van der Waals surface area contributed by atoms with E-state index in [2.05, 4.69) is 5.32 Å². The summed E-state index contributed by atoms with van der Waals surface area (Å²) in [5.41, 5.74) is 0.839. The third-order valence-electron chi connectivity index (χ3n) is 3.58. The second-order valence-electron chi connectivity index (χ2n) is 5.24. The molecule has 2 heterocycles. The third-order valence-corrected chi connectivity index (χ3v) is 4.88. The molecule has 1 fully saturated rings. The van der Waals surface area contributed by atoms with E-state index in [4.69, 9.17) is 4.42 Å². The summed E-state index contributed by atoms with van der Waals surface area (Å²) in [4.78, 5) is 11.7. The number of carbonyl (C=O) groups is 1. The van der Waals surface area contributed by atoms with Crippen LogP contribution in [0.4, 0.5) is 0 Å². The summed E-state index contributed by atoms with van der Waals surface area (Å²) in [5.74, 6) is 0.177. The molecular weight excluding hydrogens is 292 g/mol. The molecular formula is C14H20N2O4S. The summed E-state index contributed by atoms with van der Waals surface area (Å²) in [6.07, 6.45) is 9.05. The number of sulfonamides is 1. The largest absolute Gasteiger partial charge is 0.472 e. The van der Waals surface area contributed by atoms with Gasteiger partial charge in [0.2, 0.25) is 15.9 Å². The Morgan fingerprint density at radius 1 is 1.48 bits per heavy atom. The van der Waals surface area contributed by atoms with Gasteiger partial charge in [0.25, 0.3) is 0 Å². The van der Waals surface area contributed by atoms with Crippen LogP contribution < -0.4 is 5.32 Å². The summed E-state index contributed by atoms with van der Waals surface area (Å²) in [6.45, 7) is 1.64. The molecule has 1 aliphatic heterocycles. The maximum atomic E-state index is 11.7. The van der Waals surface area contributed by atoms with Crippen LogP contribution >= 0.6 is 0 Å². The summed E-state index contributed by atoms with van der Waals surface area (Å²) < 4.78 is 29.2. The highest BCUT2D eigenvalue weighted by Crippen LogP contribution is 2.18. The van der Waals surface area contributed by atoms with Crippen molar-refractivity contribution in [1.29, 1.82) is 0 Å². The molecule has 0 aliphatic carbocycles. The first kappa shape index (κ1) is 15.8. The fraction of sp³-hybridized carbons (Fsp3) is 0.500. The van der Waals surface area contributed by atoms with Gasteiger partial charge in [0, 0.05) is 31.3 Å². The van der Waals surface area contributed by atoms with E-state index in [1.165, 1.54) is 16.6 Å². The van der Waals surface area contributed by atoms with Gasteiger partial charge in [-0.05, 0) is 30.9 Å². The van der Waals surface area contributed by atoms with Gasteiger partial charge in [-0.2, -0.15) is 0 Å². The predicted octanol–water partition coefficient (Wildman–Crippen LogP) is 1.08. The lowest BCUT2D eigenvalue weighted by Gasteiger charge is -2.30. The van der Waals surface area contributed by atoms with Gasteiger partial charge < -0.3 is 9.73 Å². The molecule has 1 aliphatic rings. The summed E-state index contributed by atoms with van der Waals surface area (Å²) in [7, 11) is -3.09. The quantitative estimate of drug-likeness (QED) is 0.825. The van der Waals surface area contributed by atoms with Crippen molar-refractivity contribution >= 4 is 22.0 Å². The molecule has 0 bridgehead atoms. The zero-order valence-corrected chi connectivity index (χ0v) is 12.8. The minimum absolute atomic E-state index is 0.151. The van der Waals surface area contributed by atoms with E-state index in [9.17, 15) is 13.2 Å². The van der Waals surface area contributed by atoms with Crippen LogP contribution in [0.15, 0.2) is 29.1 Å². The number of nitrogens with zero attached hydrogens (tertiary/aromatic N) is 1. The number of hydrogen-bond donors (Lipinski definition) is 1. The molecule has 1 amide bonds. The Morgan fingerprint density at radius 3 is 2.76 bits per heavy atom. The number of piperidine rings is 1. The molecule has 7 heteroatoms. The lowest BCUT2D eigenvalue weighted by Crippen LogP contribution is -2.40. The monoisotopic (exact) mass is 312 g/mol. The molecule has 0 unspecified atom stereocenters. The molecule has 1 saturated heterocycles. The topological polar surface area (TPSA) is 79.6 Å². The van der Waals surface area contributed by atoms with Gasteiger partial charge in [0.05, 0.1) is 18.8 Å². The average Bonchev–Trinajstić information content (AvgIpc) is 2.95.